The zero-order chi connectivity index (χ0) is 12.4. The maximum atomic E-state index is 5.28. The van der Waals surface area contributed by atoms with Crippen LogP contribution in [0.25, 0.3) is 0 Å². The largest absolute Gasteiger partial charge is 0.497 e. The lowest BCUT2D eigenvalue weighted by atomic mass is 10.1. The second-order valence-electron chi connectivity index (χ2n) is 4.52. The number of methoxy groups -OCH3 is 1. The Labute approximate surface area is 106 Å². The minimum atomic E-state index is 0.375. The van der Waals surface area contributed by atoms with Gasteiger partial charge in [0.05, 0.1) is 19.9 Å². The molecule has 0 fully saturated rings. The SMILES string of the molecule is COc1ccc2c(c1)C(NCc1ccno1)CC2. The van der Waals surface area contributed by atoms with Crippen LogP contribution in [0, 0.1) is 0 Å². The number of rotatable bonds is 4. The number of hydrogen-bond donors (Lipinski definition) is 1. The molecular weight excluding hydrogens is 228 g/mol. The van der Waals surface area contributed by atoms with Gasteiger partial charge in [0.2, 0.25) is 0 Å². The summed E-state index contributed by atoms with van der Waals surface area (Å²) in [5.74, 6) is 1.79. The molecule has 1 aromatic carbocycles. The summed E-state index contributed by atoms with van der Waals surface area (Å²) in [5.41, 5.74) is 2.75. The number of nitrogens with one attached hydrogen (secondary N) is 1. The van der Waals surface area contributed by atoms with Gasteiger partial charge < -0.3 is 14.6 Å². The van der Waals surface area contributed by atoms with Crippen molar-refractivity contribution in [3.63, 3.8) is 0 Å². The van der Waals surface area contributed by atoms with Crippen LogP contribution in [0.2, 0.25) is 0 Å². The van der Waals surface area contributed by atoms with Crippen molar-refractivity contribution in [3.05, 3.63) is 47.3 Å². The Morgan fingerprint density at radius 2 is 2.39 bits per heavy atom. The third-order valence-corrected chi connectivity index (χ3v) is 3.44. The first-order valence-electron chi connectivity index (χ1n) is 6.16. The molecule has 1 N–H and O–H groups in total. The van der Waals surface area contributed by atoms with Crippen LogP contribution < -0.4 is 10.1 Å². The van der Waals surface area contributed by atoms with E-state index in [1.807, 2.05) is 12.1 Å². The van der Waals surface area contributed by atoms with Crippen molar-refractivity contribution in [2.45, 2.75) is 25.4 Å². The number of ether oxygens (including phenoxy) is 1. The predicted octanol–water partition coefficient (Wildman–Crippen LogP) is 2.46. The van der Waals surface area contributed by atoms with Gasteiger partial charge in [-0.05, 0) is 36.1 Å². The molecule has 0 saturated heterocycles. The van der Waals surface area contributed by atoms with E-state index in [1.165, 1.54) is 11.1 Å². The van der Waals surface area contributed by atoms with Crippen molar-refractivity contribution in [1.82, 2.24) is 10.5 Å². The second kappa shape index (κ2) is 4.82. The molecule has 1 atom stereocenters. The summed E-state index contributed by atoms with van der Waals surface area (Å²) in [7, 11) is 1.70. The Morgan fingerprint density at radius 1 is 1.44 bits per heavy atom. The Kier molecular flexibility index (Phi) is 3.02. The maximum absolute atomic E-state index is 5.28. The average Bonchev–Trinajstić information content (AvgIpc) is 3.05. The molecule has 1 aliphatic carbocycles. The van der Waals surface area contributed by atoms with E-state index in [4.69, 9.17) is 9.26 Å². The minimum Gasteiger partial charge on any atom is -0.497 e. The van der Waals surface area contributed by atoms with E-state index in [-0.39, 0.29) is 0 Å². The van der Waals surface area contributed by atoms with Gasteiger partial charge in [0.1, 0.15) is 11.5 Å². The summed E-state index contributed by atoms with van der Waals surface area (Å²) in [6.07, 6.45) is 3.91. The molecule has 0 bridgehead atoms. The highest BCUT2D eigenvalue weighted by Crippen LogP contribution is 2.33. The van der Waals surface area contributed by atoms with E-state index >= 15 is 0 Å². The Morgan fingerprint density at radius 3 is 3.17 bits per heavy atom. The summed E-state index contributed by atoms with van der Waals surface area (Å²) >= 11 is 0. The molecule has 1 aromatic heterocycles. The number of aromatic nitrogens is 1. The molecule has 0 aliphatic heterocycles. The molecule has 1 unspecified atom stereocenters. The topological polar surface area (TPSA) is 47.3 Å². The van der Waals surface area contributed by atoms with Gasteiger partial charge >= 0.3 is 0 Å². The number of fused-ring (bicyclic) bond motifs is 1. The van der Waals surface area contributed by atoms with Crippen LogP contribution in [0.15, 0.2) is 35.0 Å². The van der Waals surface area contributed by atoms with E-state index in [0.29, 0.717) is 12.6 Å². The van der Waals surface area contributed by atoms with E-state index in [2.05, 4.69) is 22.6 Å². The summed E-state index contributed by atoms with van der Waals surface area (Å²) in [5, 5.41) is 7.21. The van der Waals surface area contributed by atoms with E-state index in [9.17, 15) is 0 Å². The van der Waals surface area contributed by atoms with Gasteiger partial charge in [-0.25, -0.2) is 0 Å². The normalized spacial score (nSPS) is 17.7. The first-order valence-corrected chi connectivity index (χ1v) is 6.16. The lowest BCUT2D eigenvalue weighted by Gasteiger charge is -2.13. The molecule has 0 saturated carbocycles. The van der Waals surface area contributed by atoms with E-state index in [0.717, 1.165) is 24.4 Å². The fourth-order valence-electron chi connectivity index (χ4n) is 2.48. The van der Waals surface area contributed by atoms with Gasteiger partial charge in [-0.15, -0.1) is 0 Å². The van der Waals surface area contributed by atoms with Crippen molar-refractivity contribution >= 4 is 0 Å². The average molecular weight is 244 g/mol. The summed E-state index contributed by atoms with van der Waals surface area (Å²) in [6, 6.07) is 8.57. The van der Waals surface area contributed by atoms with Crippen LogP contribution >= 0.6 is 0 Å². The highest BCUT2D eigenvalue weighted by Gasteiger charge is 2.22. The number of benzene rings is 1. The zero-order valence-corrected chi connectivity index (χ0v) is 10.3. The highest BCUT2D eigenvalue weighted by molar-refractivity contribution is 5.40. The third kappa shape index (κ3) is 2.11. The number of aryl methyl sites for hydroxylation is 1. The van der Waals surface area contributed by atoms with Gasteiger partial charge in [0.25, 0.3) is 0 Å². The summed E-state index contributed by atoms with van der Waals surface area (Å²) in [4.78, 5) is 0. The maximum Gasteiger partial charge on any atom is 0.150 e. The van der Waals surface area contributed by atoms with Crippen LogP contribution in [0.4, 0.5) is 0 Å². The lowest BCUT2D eigenvalue weighted by molar-refractivity contribution is 0.362. The van der Waals surface area contributed by atoms with Crippen LogP contribution in [0.5, 0.6) is 5.75 Å². The molecule has 94 valence electrons. The van der Waals surface area contributed by atoms with Crippen molar-refractivity contribution in [2.75, 3.05) is 7.11 Å². The molecule has 1 aliphatic rings. The van der Waals surface area contributed by atoms with Crippen LogP contribution in [-0.2, 0) is 13.0 Å². The van der Waals surface area contributed by atoms with Gasteiger partial charge in [-0.3, -0.25) is 0 Å². The lowest BCUT2D eigenvalue weighted by Crippen LogP contribution is -2.18. The molecule has 2 aromatic rings. The molecule has 18 heavy (non-hydrogen) atoms. The van der Waals surface area contributed by atoms with Crippen molar-refractivity contribution in [2.24, 2.45) is 0 Å². The molecule has 4 nitrogen and oxygen atoms in total. The Balaban J connectivity index is 1.73. The fourth-order valence-corrected chi connectivity index (χ4v) is 2.48. The van der Waals surface area contributed by atoms with Gasteiger partial charge in [0, 0.05) is 12.1 Å². The molecule has 3 rings (SSSR count). The summed E-state index contributed by atoms with van der Waals surface area (Å²) in [6.45, 7) is 0.710. The van der Waals surface area contributed by atoms with Crippen molar-refractivity contribution in [1.29, 1.82) is 0 Å². The van der Waals surface area contributed by atoms with E-state index in [1.54, 1.807) is 13.3 Å². The minimum absolute atomic E-state index is 0.375. The van der Waals surface area contributed by atoms with Crippen LogP contribution in [0.1, 0.15) is 29.3 Å². The molecule has 4 heteroatoms. The standard InChI is InChI=1S/C14H16N2O2/c1-17-11-4-2-10-3-5-14(13(10)8-11)15-9-12-6-7-16-18-12/h2,4,6-8,14-15H,3,5,9H2,1H3. The van der Waals surface area contributed by atoms with Crippen LogP contribution in [0.3, 0.4) is 0 Å². The fraction of sp³-hybridized carbons (Fsp3) is 0.357. The Hall–Kier alpha value is -1.81. The monoisotopic (exact) mass is 244 g/mol. The first kappa shape index (κ1) is 11.3. The number of nitrogens with zero attached hydrogens (tertiary/aromatic N) is 1. The van der Waals surface area contributed by atoms with Gasteiger partial charge in [-0.2, -0.15) is 0 Å². The molecule has 0 radical (unpaired) electrons. The molecular formula is C14H16N2O2. The quantitative estimate of drug-likeness (QED) is 0.897. The first-order chi connectivity index (χ1) is 8.86. The van der Waals surface area contributed by atoms with Crippen molar-refractivity contribution < 1.29 is 9.26 Å². The Bertz CT molecular complexity index is 523. The summed E-state index contributed by atoms with van der Waals surface area (Å²) < 4.78 is 10.4. The van der Waals surface area contributed by atoms with Gasteiger partial charge in [-0.1, -0.05) is 11.2 Å². The van der Waals surface area contributed by atoms with Gasteiger partial charge in [0.15, 0.2) is 0 Å². The number of hydrogen-bond acceptors (Lipinski definition) is 4. The molecule has 0 spiro atoms. The third-order valence-electron chi connectivity index (χ3n) is 3.44. The molecule has 0 amide bonds. The smallest absolute Gasteiger partial charge is 0.150 e. The molecule has 1 heterocycles. The van der Waals surface area contributed by atoms with Crippen molar-refractivity contribution in [3.8, 4) is 5.75 Å². The second-order valence-corrected chi connectivity index (χ2v) is 4.52. The van der Waals surface area contributed by atoms with Crippen LogP contribution in [-0.4, -0.2) is 12.3 Å². The van der Waals surface area contributed by atoms with E-state index < -0.39 is 0 Å². The zero-order valence-electron chi connectivity index (χ0n) is 10.3. The highest BCUT2D eigenvalue weighted by atomic mass is 16.5. The predicted molar refractivity (Wildman–Crippen MR) is 67.4 cm³/mol.